The van der Waals surface area contributed by atoms with Gasteiger partial charge in [0.15, 0.2) is 0 Å². The summed E-state index contributed by atoms with van der Waals surface area (Å²) in [5.74, 6) is 2.28. The summed E-state index contributed by atoms with van der Waals surface area (Å²) in [4.78, 5) is 3.90. The van der Waals surface area contributed by atoms with Crippen molar-refractivity contribution in [3.05, 3.63) is 28.5 Å². The van der Waals surface area contributed by atoms with Gasteiger partial charge in [-0.1, -0.05) is 17.5 Å². The van der Waals surface area contributed by atoms with Gasteiger partial charge in [0.2, 0.25) is 0 Å². The van der Waals surface area contributed by atoms with Crippen LogP contribution in [0.15, 0.2) is 12.3 Å². The van der Waals surface area contributed by atoms with E-state index in [2.05, 4.69) is 10.9 Å². The Morgan fingerprint density at radius 2 is 2.31 bits per heavy atom. The van der Waals surface area contributed by atoms with Gasteiger partial charge >= 0.3 is 0 Å². The molecule has 0 spiro atoms. The first-order valence-electron chi connectivity index (χ1n) is 3.80. The molecular weight excluding hydrogens is 186 g/mol. The molecule has 0 aromatic carbocycles. The first-order chi connectivity index (χ1) is 5.97. The summed E-state index contributed by atoms with van der Waals surface area (Å²) in [6.07, 6.45) is 6.65. The lowest BCUT2D eigenvalue weighted by Gasteiger charge is -2.16. The number of rotatable bonds is 1. The molecule has 0 saturated carbocycles. The standard InChI is InChI=1S/C10H10ClNO/c1-4-10(3,13)8-5-7(2)9(11)12-6-8/h1,5-6,13H,2-3H3. The van der Waals surface area contributed by atoms with E-state index in [-0.39, 0.29) is 0 Å². The molecule has 2 nitrogen and oxygen atoms in total. The van der Waals surface area contributed by atoms with E-state index in [1.54, 1.807) is 6.07 Å². The summed E-state index contributed by atoms with van der Waals surface area (Å²) in [6, 6.07) is 1.73. The predicted molar refractivity (Wildman–Crippen MR) is 52.4 cm³/mol. The van der Waals surface area contributed by atoms with Crippen LogP contribution in [0.2, 0.25) is 5.15 Å². The Kier molecular flexibility index (Phi) is 2.60. The first kappa shape index (κ1) is 10.0. The Balaban J connectivity index is 3.20. The van der Waals surface area contributed by atoms with Crippen LogP contribution in [0.1, 0.15) is 18.1 Å². The normalized spacial score (nSPS) is 14.7. The Hall–Kier alpha value is -1.04. The average Bonchev–Trinajstić information content (AvgIpc) is 2.09. The highest BCUT2D eigenvalue weighted by atomic mass is 35.5. The minimum absolute atomic E-state index is 0.427. The molecule has 1 aromatic rings. The molecule has 3 heteroatoms. The van der Waals surface area contributed by atoms with Crippen LogP contribution in [0, 0.1) is 19.3 Å². The van der Waals surface area contributed by atoms with Crippen molar-refractivity contribution in [1.82, 2.24) is 4.98 Å². The second-order valence-corrected chi connectivity index (χ2v) is 3.41. The zero-order valence-corrected chi connectivity index (χ0v) is 8.26. The Morgan fingerprint density at radius 1 is 1.69 bits per heavy atom. The van der Waals surface area contributed by atoms with E-state index in [1.165, 1.54) is 13.1 Å². The molecule has 0 aliphatic heterocycles. The third kappa shape index (κ3) is 2.00. The number of hydrogen-bond donors (Lipinski definition) is 1. The van der Waals surface area contributed by atoms with E-state index in [0.717, 1.165) is 5.56 Å². The molecule has 1 rings (SSSR count). The lowest BCUT2D eigenvalue weighted by Crippen LogP contribution is -2.18. The van der Waals surface area contributed by atoms with Crippen LogP contribution in [0.25, 0.3) is 0 Å². The summed E-state index contributed by atoms with van der Waals surface area (Å²) in [7, 11) is 0. The lowest BCUT2D eigenvalue weighted by atomic mass is 9.98. The third-order valence-corrected chi connectivity index (χ3v) is 2.25. The van der Waals surface area contributed by atoms with Gasteiger partial charge in [0.1, 0.15) is 10.8 Å². The first-order valence-corrected chi connectivity index (χ1v) is 4.18. The molecule has 0 aliphatic rings. The number of aryl methyl sites for hydroxylation is 1. The van der Waals surface area contributed by atoms with Crippen molar-refractivity contribution in [3.63, 3.8) is 0 Å². The van der Waals surface area contributed by atoms with Crippen molar-refractivity contribution < 1.29 is 5.11 Å². The summed E-state index contributed by atoms with van der Waals surface area (Å²) in [6.45, 7) is 3.35. The monoisotopic (exact) mass is 195 g/mol. The molecule has 13 heavy (non-hydrogen) atoms. The van der Waals surface area contributed by atoms with Crippen LogP contribution in [-0.4, -0.2) is 10.1 Å². The molecule has 0 aliphatic carbocycles. The number of aromatic nitrogens is 1. The van der Waals surface area contributed by atoms with Gasteiger partial charge in [-0.3, -0.25) is 0 Å². The minimum Gasteiger partial charge on any atom is -0.374 e. The van der Waals surface area contributed by atoms with Gasteiger partial charge in [-0.15, -0.1) is 6.42 Å². The third-order valence-electron chi connectivity index (χ3n) is 1.86. The molecule has 1 N–H and O–H groups in total. The molecule has 0 bridgehead atoms. The van der Waals surface area contributed by atoms with Crippen LogP contribution in [-0.2, 0) is 5.60 Å². The van der Waals surface area contributed by atoms with E-state index in [9.17, 15) is 5.11 Å². The van der Waals surface area contributed by atoms with Crippen molar-refractivity contribution in [2.45, 2.75) is 19.4 Å². The summed E-state index contributed by atoms with van der Waals surface area (Å²) < 4.78 is 0. The molecule has 1 heterocycles. The summed E-state index contributed by atoms with van der Waals surface area (Å²) in [5.41, 5.74) is 0.106. The largest absolute Gasteiger partial charge is 0.374 e. The van der Waals surface area contributed by atoms with Gasteiger partial charge in [-0.25, -0.2) is 4.98 Å². The van der Waals surface area contributed by atoms with Gasteiger partial charge in [-0.05, 0) is 25.5 Å². The van der Waals surface area contributed by atoms with E-state index < -0.39 is 5.60 Å². The molecule has 0 fully saturated rings. The van der Waals surface area contributed by atoms with Gasteiger partial charge in [0.05, 0.1) is 0 Å². The minimum atomic E-state index is -1.28. The Bertz CT molecular complexity index is 366. The van der Waals surface area contributed by atoms with E-state index in [4.69, 9.17) is 18.0 Å². The van der Waals surface area contributed by atoms with Gasteiger partial charge in [0, 0.05) is 11.8 Å². The summed E-state index contributed by atoms with van der Waals surface area (Å²) >= 11 is 5.73. The number of nitrogens with zero attached hydrogens (tertiary/aromatic N) is 1. The Morgan fingerprint density at radius 3 is 2.77 bits per heavy atom. The quantitative estimate of drug-likeness (QED) is 0.549. The highest BCUT2D eigenvalue weighted by Crippen LogP contribution is 2.22. The predicted octanol–water partition coefficient (Wildman–Crippen LogP) is 1.88. The molecule has 1 aromatic heterocycles. The fourth-order valence-corrected chi connectivity index (χ4v) is 1.01. The smallest absolute Gasteiger partial charge is 0.149 e. The van der Waals surface area contributed by atoms with Crippen LogP contribution >= 0.6 is 11.6 Å². The van der Waals surface area contributed by atoms with Crippen molar-refractivity contribution in [1.29, 1.82) is 0 Å². The van der Waals surface area contributed by atoms with Crippen molar-refractivity contribution in [2.75, 3.05) is 0 Å². The highest BCUT2D eigenvalue weighted by Gasteiger charge is 2.20. The van der Waals surface area contributed by atoms with E-state index in [0.29, 0.717) is 10.7 Å². The zero-order valence-electron chi connectivity index (χ0n) is 7.50. The average molecular weight is 196 g/mol. The highest BCUT2D eigenvalue weighted by molar-refractivity contribution is 6.30. The maximum absolute atomic E-state index is 9.69. The fourth-order valence-electron chi connectivity index (χ4n) is 0.908. The van der Waals surface area contributed by atoms with Crippen LogP contribution in [0.3, 0.4) is 0 Å². The van der Waals surface area contributed by atoms with Crippen LogP contribution in [0.5, 0.6) is 0 Å². The second-order valence-electron chi connectivity index (χ2n) is 3.05. The van der Waals surface area contributed by atoms with Crippen molar-refractivity contribution in [3.8, 4) is 12.3 Å². The number of pyridine rings is 1. The Labute approximate surface area is 82.6 Å². The van der Waals surface area contributed by atoms with Crippen molar-refractivity contribution in [2.24, 2.45) is 0 Å². The zero-order chi connectivity index (χ0) is 10.1. The van der Waals surface area contributed by atoms with Gasteiger partial charge < -0.3 is 5.11 Å². The molecule has 1 unspecified atom stereocenters. The summed E-state index contributed by atoms with van der Waals surface area (Å²) in [5, 5.41) is 10.1. The van der Waals surface area contributed by atoms with Crippen LogP contribution in [0.4, 0.5) is 0 Å². The number of aliphatic hydroxyl groups is 1. The number of hydrogen-bond acceptors (Lipinski definition) is 2. The van der Waals surface area contributed by atoms with Crippen LogP contribution < -0.4 is 0 Å². The number of terminal acetylenes is 1. The van der Waals surface area contributed by atoms with Gasteiger partial charge in [0.25, 0.3) is 0 Å². The van der Waals surface area contributed by atoms with Crippen molar-refractivity contribution >= 4 is 11.6 Å². The lowest BCUT2D eigenvalue weighted by molar-refractivity contribution is 0.122. The van der Waals surface area contributed by atoms with Gasteiger partial charge in [-0.2, -0.15) is 0 Å². The SMILES string of the molecule is C#CC(C)(O)c1cnc(Cl)c(C)c1. The second kappa shape index (κ2) is 3.37. The maximum Gasteiger partial charge on any atom is 0.149 e. The molecule has 0 saturated heterocycles. The molecule has 0 amide bonds. The molecule has 68 valence electrons. The van der Waals surface area contributed by atoms with E-state index >= 15 is 0 Å². The van der Waals surface area contributed by atoms with E-state index in [1.807, 2.05) is 6.92 Å². The molecule has 0 radical (unpaired) electrons. The maximum atomic E-state index is 9.69. The topological polar surface area (TPSA) is 33.1 Å². The molecular formula is C10H10ClNO. The fraction of sp³-hybridized carbons (Fsp3) is 0.300. The number of halogens is 1. The molecule has 1 atom stereocenters.